The minimum Gasteiger partial charge on any atom is -0.361 e. The van der Waals surface area contributed by atoms with E-state index in [0.29, 0.717) is 5.75 Å². The number of aromatic amines is 1. The van der Waals surface area contributed by atoms with Gasteiger partial charge in [-0.3, -0.25) is 4.21 Å². The first-order valence-electron chi connectivity index (χ1n) is 6.02. The lowest BCUT2D eigenvalue weighted by atomic mass is 10.2. The third kappa shape index (κ3) is 3.34. The highest BCUT2D eigenvalue weighted by molar-refractivity contribution is 7.84. The smallest absolute Gasteiger partial charge is 0.0472 e. The molecule has 0 radical (unpaired) electrons. The molecule has 0 saturated heterocycles. The maximum atomic E-state index is 11.3. The molecule has 1 aromatic heterocycles. The molecule has 0 bridgehead atoms. The maximum Gasteiger partial charge on any atom is 0.0472 e. The Hall–Kier alpha value is -0.840. The van der Waals surface area contributed by atoms with Crippen LogP contribution in [0.3, 0.4) is 0 Å². The van der Waals surface area contributed by atoms with Crippen molar-refractivity contribution in [2.45, 2.75) is 13.5 Å². The minimum absolute atomic E-state index is 0.693. The molecule has 2 aromatic rings. The lowest BCUT2D eigenvalue weighted by Crippen LogP contribution is -2.20. The number of hydrogen-bond acceptors (Lipinski definition) is 2. The minimum atomic E-state index is -0.693. The Bertz CT molecular complexity index is 553. The van der Waals surface area contributed by atoms with Crippen molar-refractivity contribution in [1.29, 1.82) is 0 Å². The van der Waals surface area contributed by atoms with E-state index in [9.17, 15) is 4.21 Å². The second-order valence-electron chi connectivity index (χ2n) is 4.11. The molecule has 0 spiro atoms. The number of aromatic nitrogens is 1. The molecule has 0 aliphatic carbocycles. The molecule has 1 atom stereocenters. The molecule has 1 unspecified atom stereocenters. The van der Waals surface area contributed by atoms with Crippen molar-refractivity contribution in [3.63, 3.8) is 0 Å². The zero-order valence-corrected chi connectivity index (χ0v) is 11.9. The summed E-state index contributed by atoms with van der Waals surface area (Å²) in [5.74, 6) is 1.44. The molecule has 2 rings (SSSR count). The Morgan fingerprint density at radius 1 is 1.44 bits per heavy atom. The first-order chi connectivity index (χ1) is 8.70. The van der Waals surface area contributed by atoms with E-state index in [1.54, 1.807) is 0 Å². The summed E-state index contributed by atoms with van der Waals surface area (Å²) < 4.78 is 11.3. The quantitative estimate of drug-likeness (QED) is 0.801. The number of benzene rings is 1. The summed E-state index contributed by atoms with van der Waals surface area (Å²) in [6.07, 6.45) is 1.99. The van der Waals surface area contributed by atoms with Crippen molar-refractivity contribution in [2.75, 3.05) is 18.1 Å². The molecule has 18 heavy (non-hydrogen) atoms. The van der Waals surface area contributed by atoms with Crippen molar-refractivity contribution in [1.82, 2.24) is 10.3 Å². The van der Waals surface area contributed by atoms with Gasteiger partial charge in [0.2, 0.25) is 0 Å². The summed E-state index contributed by atoms with van der Waals surface area (Å²) in [5.41, 5.74) is 2.26. The fraction of sp³-hybridized carbons (Fsp3) is 0.385. The van der Waals surface area contributed by atoms with Gasteiger partial charge in [0, 0.05) is 57.5 Å². The molecule has 0 amide bonds. The molecule has 0 fully saturated rings. The van der Waals surface area contributed by atoms with Gasteiger partial charge in [0.25, 0.3) is 0 Å². The van der Waals surface area contributed by atoms with Crippen molar-refractivity contribution in [2.24, 2.45) is 0 Å². The predicted molar refractivity (Wildman–Crippen MR) is 78.6 cm³/mol. The highest BCUT2D eigenvalue weighted by Crippen LogP contribution is 2.21. The molecule has 0 aliphatic heterocycles. The maximum absolute atomic E-state index is 11.3. The number of H-pyrrole nitrogens is 1. The monoisotopic (exact) mass is 284 g/mol. The summed E-state index contributed by atoms with van der Waals surface area (Å²) in [5, 5.41) is 5.24. The second-order valence-corrected chi connectivity index (χ2v) is 6.41. The zero-order valence-electron chi connectivity index (χ0n) is 10.3. The molecule has 3 nitrogen and oxygen atoms in total. The van der Waals surface area contributed by atoms with Gasteiger partial charge in [0.15, 0.2) is 0 Å². The van der Waals surface area contributed by atoms with Gasteiger partial charge < -0.3 is 10.3 Å². The Kier molecular flexibility index (Phi) is 4.80. The van der Waals surface area contributed by atoms with Crippen LogP contribution in [0.4, 0.5) is 0 Å². The van der Waals surface area contributed by atoms with Gasteiger partial charge in [-0.2, -0.15) is 0 Å². The molecule has 1 aromatic carbocycles. The van der Waals surface area contributed by atoms with E-state index in [2.05, 4.69) is 10.3 Å². The van der Waals surface area contributed by atoms with Gasteiger partial charge >= 0.3 is 0 Å². The molecular formula is C13H17ClN2OS. The van der Waals surface area contributed by atoms with Gasteiger partial charge in [0.1, 0.15) is 0 Å². The molecule has 0 aliphatic rings. The SMILES string of the molecule is CCS(=O)CCNCc1c[nH]c2cc(Cl)ccc12. The van der Waals surface area contributed by atoms with Crippen molar-refractivity contribution < 1.29 is 4.21 Å². The molecule has 98 valence electrons. The normalized spacial score (nSPS) is 13.0. The van der Waals surface area contributed by atoms with Gasteiger partial charge in [-0.05, 0) is 17.7 Å². The summed E-state index contributed by atoms with van der Waals surface area (Å²) in [4.78, 5) is 3.21. The number of fused-ring (bicyclic) bond motifs is 1. The van der Waals surface area contributed by atoms with Crippen LogP contribution in [0.2, 0.25) is 5.02 Å². The van der Waals surface area contributed by atoms with Crippen LogP contribution >= 0.6 is 11.6 Å². The summed E-state index contributed by atoms with van der Waals surface area (Å²) in [7, 11) is -0.693. The van der Waals surface area contributed by atoms with E-state index in [-0.39, 0.29) is 0 Å². The molecule has 0 saturated carbocycles. The van der Waals surface area contributed by atoms with Crippen LogP contribution < -0.4 is 5.32 Å². The average molecular weight is 285 g/mol. The molecule has 5 heteroatoms. The third-order valence-electron chi connectivity index (χ3n) is 2.87. The highest BCUT2D eigenvalue weighted by atomic mass is 35.5. The van der Waals surface area contributed by atoms with E-state index < -0.39 is 10.8 Å². The van der Waals surface area contributed by atoms with E-state index in [4.69, 9.17) is 11.6 Å². The van der Waals surface area contributed by atoms with Crippen LogP contribution in [0, 0.1) is 0 Å². The first-order valence-corrected chi connectivity index (χ1v) is 7.88. The summed E-state index contributed by atoms with van der Waals surface area (Å²) in [6, 6.07) is 5.84. The fourth-order valence-electron chi connectivity index (χ4n) is 1.86. The Morgan fingerprint density at radius 2 is 2.28 bits per heavy atom. The van der Waals surface area contributed by atoms with Crippen LogP contribution in [-0.2, 0) is 17.3 Å². The lowest BCUT2D eigenvalue weighted by Gasteiger charge is -2.03. The topological polar surface area (TPSA) is 44.9 Å². The van der Waals surface area contributed by atoms with Crippen LogP contribution in [0.5, 0.6) is 0 Å². The standard InChI is InChI=1S/C13H17ClN2OS/c1-2-18(17)6-5-15-8-10-9-16-13-7-11(14)3-4-12(10)13/h3-4,7,9,15-16H,2,5-6,8H2,1H3. The van der Waals surface area contributed by atoms with Crippen LogP contribution in [0.15, 0.2) is 24.4 Å². The molecule has 2 N–H and O–H groups in total. The Balaban J connectivity index is 1.94. The Labute approximate surface area is 114 Å². The van der Waals surface area contributed by atoms with Gasteiger partial charge in [0.05, 0.1) is 0 Å². The van der Waals surface area contributed by atoms with E-state index in [1.165, 1.54) is 10.9 Å². The van der Waals surface area contributed by atoms with Crippen LogP contribution in [-0.4, -0.2) is 27.2 Å². The summed E-state index contributed by atoms with van der Waals surface area (Å²) in [6.45, 7) is 3.50. The molecule has 1 heterocycles. The Morgan fingerprint density at radius 3 is 3.06 bits per heavy atom. The predicted octanol–water partition coefficient (Wildman–Crippen LogP) is 2.68. The average Bonchev–Trinajstić information content (AvgIpc) is 2.76. The highest BCUT2D eigenvalue weighted by Gasteiger charge is 2.03. The van der Waals surface area contributed by atoms with E-state index in [0.717, 1.165) is 29.4 Å². The third-order valence-corrected chi connectivity index (χ3v) is 4.41. The van der Waals surface area contributed by atoms with Crippen molar-refractivity contribution in [3.8, 4) is 0 Å². The van der Waals surface area contributed by atoms with Crippen molar-refractivity contribution in [3.05, 3.63) is 35.0 Å². The van der Waals surface area contributed by atoms with Crippen LogP contribution in [0.25, 0.3) is 10.9 Å². The summed E-state index contributed by atoms with van der Waals surface area (Å²) >= 11 is 5.94. The van der Waals surface area contributed by atoms with E-state index in [1.807, 2.05) is 31.3 Å². The second kappa shape index (κ2) is 6.36. The largest absolute Gasteiger partial charge is 0.361 e. The van der Waals surface area contributed by atoms with Gasteiger partial charge in [-0.25, -0.2) is 0 Å². The molecular weight excluding hydrogens is 268 g/mol. The van der Waals surface area contributed by atoms with Gasteiger partial charge in [-0.15, -0.1) is 0 Å². The zero-order chi connectivity index (χ0) is 13.0. The number of hydrogen-bond donors (Lipinski definition) is 2. The number of halogens is 1. The lowest BCUT2D eigenvalue weighted by molar-refractivity contribution is 0.674. The van der Waals surface area contributed by atoms with Gasteiger partial charge in [-0.1, -0.05) is 24.6 Å². The number of rotatable bonds is 6. The number of nitrogens with one attached hydrogen (secondary N) is 2. The fourth-order valence-corrected chi connectivity index (χ4v) is 2.69. The first kappa shape index (κ1) is 13.6. The van der Waals surface area contributed by atoms with E-state index >= 15 is 0 Å². The van der Waals surface area contributed by atoms with Crippen LogP contribution in [0.1, 0.15) is 12.5 Å². The van der Waals surface area contributed by atoms with Crippen molar-refractivity contribution >= 4 is 33.3 Å².